The van der Waals surface area contributed by atoms with E-state index in [4.69, 9.17) is 11.6 Å². The van der Waals surface area contributed by atoms with Crippen LogP contribution in [0.1, 0.15) is 52.4 Å². The number of halogens is 2. The van der Waals surface area contributed by atoms with Crippen LogP contribution in [0.4, 0.5) is 0 Å². The van der Waals surface area contributed by atoms with Gasteiger partial charge in [-0.05, 0) is 29.6 Å². The van der Waals surface area contributed by atoms with Crippen molar-refractivity contribution in [3.63, 3.8) is 0 Å². The van der Waals surface area contributed by atoms with E-state index in [9.17, 15) is 9.59 Å². The van der Waals surface area contributed by atoms with E-state index < -0.39 is 0 Å². The van der Waals surface area contributed by atoms with Crippen molar-refractivity contribution in [2.45, 2.75) is 52.4 Å². The molecule has 0 atom stereocenters. The molecule has 0 amide bonds. The average Bonchev–Trinajstić information content (AvgIpc) is 2.02. The lowest BCUT2D eigenvalue weighted by Crippen LogP contribution is -1.85. The molecule has 0 N–H and O–H groups in total. The summed E-state index contributed by atoms with van der Waals surface area (Å²) >= 11 is 9.79. The minimum atomic E-state index is -0.361. The molecular weight excluding hydrogens is 223 g/mol. The molecule has 0 aromatic rings. The first kappa shape index (κ1) is 16.4. The summed E-state index contributed by atoms with van der Waals surface area (Å²) in [6, 6.07) is 0. The van der Waals surface area contributed by atoms with Gasteiger partial charge in [-0.25, -0.2) is 0 Å². The highest BCUT2D eigenvalue weighted by molar-refractivity contribution is 6.63. The second-order valence-corrected chi connectivity index (χ2v) is 3.94. The van der Waals surface area contributed by atoms with Crippen LogP contribution < -0.4 is 0 Å². The number of hydrogen-bond acceptors (Lipinski definition) is 2. The van der Waals surface area contributed by atoms with E-state index in [0.29, 0.717) is 6.42 Å². The normalized spacial score (nSPS) is 8.86. The van der Waals surface area contributed by atoms with Gasteiger partial charge in [0.2, 0.25) is 10.5 Å². The predicted molar refractivity (Wildman–Crippen MR) is 60.8 cm³/mol. The van der Waals surface area contributed by atoms with E-state index in [-0.39, 0.29) is 10.5 Å². The highest BCUT2D eigenvalue weighted by Crippen LogP contribution is 2.05. The quantitative estimate of drug-likeness (QED) is 0.522. The lowest BCUT2D eigenvalue weighted by Gasteiger charge is -1.95. The molecule has 0 heterocycles. The number of unbranched alkanes of at least 4 members (excludes halogenated alkanes) is 4. The number of carbonyl (C=O) groups is 2. The van der Waals surface area contributed by atoms with Crippen molar-refractivity contribution in [1.29, 1.82) is 0 Å². The van der Waals surface area contributed by atoms with Gasteiger partial charge in [-0.15, -0.1) is 0 Å². The molecule has 84 valence electrons. The summed E-state index contributed by atoms with van der Waals surface area (Å²) in [6.07, 6.45) is 6.41. The standard InChI is InChI=1S/C8H15ClO.C2H3ClO/c1-2-3-4-5-6-7-8(9)10;1-2(3)4/h2-7H2,1H3;1H3. The smallest absolute Gasteiger partial charge is 0.221 e. The highest BCUT2D eigenvalue weighted by atomic mass is 35.5. The van der Waals surface area contributed by atoms with Crippen LogP contribution in [-0.2, 0) is 9.59 Å². The molecule has 0 aromatic heterocycles. The molecule has 0 saturated carbocycles. The summed E-state index contributed by atoms with van der Waals surface area (Å²) in [6.45, 7) is 3.47. The second-order valence-electron chi connectivity index (χ2n) is 2.99. The van der Waals surface area contributed by atoms with Crippen LogP contribution in [0, 0.1) is 0 Å². The van der Waals surface area contributed by atoms with Crippen LogP contribution >= 0.6 is 23.2 Å². The van der Waals surface area contributed by atoms with Gasteiger partial charge in [-0.1, -0.05) is 32.6 Å². The van der Waals surface area contributed by atoms with Gasteiger partial charge in [0.25, 0.3) is 0 Å². The summed E-state index contributed by atoms with van der Waals surface area (Å²) in [5, 5.41) is -0.559. The molecular formula is C10H18Cl2O2. The molecule has 0 bridgehead atoms. The largest absolute Gasteiger partial charge is 0.282 e. The molecule has 0 radical (unpaired) electrons. The molecule has 0 aliphatic heterocycles. The molecule has 0 aliphatic carbocycles. The first-order chi connectivity index (χ1) is 6.50. The number of hydrogen-bond donors (Lipinski definition) is 0. The van der Waals surface area contributed by atoms with Crippen molar-refractivity contribution in [1.82, 2.24) is 0 Å². The third-order valence-corrected chi connectivity index (χ3v) is 1.67. The van der Waals surface area contributed by atoms with E-state index in [2.05, 4.69) is 18.5 Å². The van der Waals surface area contributed by atoms with E-state index in [1.807, 2.05) is 0 Å². The Morgan fingerprint density at radius 1 is 1.00 bits per heavy atom. The summed E-state index contributed by atoms with van der Waals surface area (Å²) in [4.78, 5) is 19.5. The molecule has 0 saturated heterocycles. The summed E-state index contributed by atoms with van der Waals surface area (Å²) in [5.74, 6) is 0. The lowest BCUT2D eigenvalue weighted by atomic mass is 10.1. The fourth-order valence-corrected chi connectivity index (χ4v) is 1.00. The maximum Gasteiger partial charge on any atom is 0.221 e. The Hall–Kier alpha value is -0.0800. The van der Waals surface area contributed by atoms with Gasteiger partial charge in [0.1, 0.15) is 0 Å². The highest BCUT2D eigenvalue weighted by Gasteiger charge is 1.94. The SMILES string of the molecule is CC(=O)Cl.CCCCCCCC(=O)Cl. The van der Waals surface area contributed by atoms with Crippen molar-refractivity contribution in [2.24, 2.45) is 0 Å². The Kier molecular flexibility index (Phi) is 15.1. The minimum absolute atomic E-state index is 0.198. The van der Waals surface area contributed by atoms with Crippen molar-refractivity contribution < 1.29 is 9.59 Å². The first-order valence-electron chi connectivity index (χ1n) is 4.85. The third-order valence-electron chi connectivity index (χ3n) is 1.48. The maximum atomic E-state index is 10.2. The van der Waals surface area contributed by atoms with E-state index in [0.717, 1.165) is 12.8 Å². The van der Waals surface area contributed by atoms with Crippen molar-refractivity contribution in [2.75, 3.05) is 0 Å². The fourth-order valence-electron chi connectivity index (χ4n) is 0.868. The van der Waals surface area contributed by atoms with Gasteiger partial charge in [-0.3, -0.25) is 9.59 Å². The fraction of sp³-hybridized carbons (Fsp3) is 0.800. The van der Waals surface area contributed by atoms with Gasteiger partial charge >= 0.3 is 0 Å². The van der Waals surface area contributed by atoms with E-state index in [1.165, 1.54) is 26.2 Å². The van der Waals surface area contributed by atoms with Crippen molar-refractivity contribution in [3.05, 3.63) is 0 Å². The Labute approximate surface area is 96.0 Å². The molecule has 0 fully saturated rings. The summed E-state index contributed by atoms with van der Waals surface area (Å²) < 4.78 is 0. The van der Waals surface area contributed by atoms with Crippen LogP contribution in [0.25, 0.3) is 0 Å². The minimum Gasteiger partial charge on any atom is -0.282 e. The topological polar surface area (TPSA) is 34.1 Å². The van der Waals surface area contributed by atoms with Crippen LogP contribution in [0.5, 0.6) is 0 Å². The van der Waals surface area contributed by atoms with Gasteiger partial charge in [0, 0.05) is 13.3 Å². The van der Waals surface area contributed by atoms with Crippen LogP contribution in [0.15, 0.2) is 0 Å². The zero-order chi connectivity index (χ0) is 11.4. The van der Waals surface area contributed by atoms with Crippen molar-refractivity contribution >= 4 is 33.7 Å². The van der Waals surface area contributed by atoms with E-state index >= 15 is 0 Å². The molecule has 4 heteroatoms. The zero-order valence-corrected chi connectivity index (χ0v) is 10.3. The number of rotatable bonds is 6. The van der Waals surface area contributed by atoms with Crippen LogP contribution in [0.3, 0.4) is 0 Å². The third kappa shape index (κ3) is 29.7. The Balaban J connectivity index is 0. The molecule has 2 nitrogen and oxygen atoms in total. The van der Waals surface area contributed by atoms with Crippen LogP contribution in [-0.4, -0.2) is 10.5 Å². The van der Waals surface area contributed by atoms with Crippen LogP contribution in [0.2, 0.25) is 0 Å². The molecule has 0 unspecified atom stereocenters. The maximum absolute atomic E-state index is 10.2. The molecule has 0 spiro atoms. The summed E-state index contributed by atoms with van der Waals surface area (Å²) in [7, 11) is 0. The Bertz CT molecular complexity index is 154. The monoisotopic (exact) mass is 240 g/mol. The summed E-state index contributed by atoms with van der Waals surface area (Å²) in [5.41, 5.74) is 0. The Morgan fingerprint density at radius 2 is 1.43 bits per heavy atom. The first-order valence-corrected chi connectivity index (χ1v) is 5.60. The Morgan fingerprint density at radius 3 is 1.79 bits per heavy atom. The van der Waals surface area contributed by atoms with Gasteiger partial charge in [0.15, 0.2) is 0 Å². The van der Waals surface area contributed by atoms with Crippen molar-refractivity contribution in [3.8, 4) is 0 Å². The van der Waals surface area contributed by atoms with E-state index in [1.54, 1.807) is 0 Å². The van der Waals surface area contributed by atoms with Gasteiger partial charge in [-0.2, -0.15) is 0 Å². The molecule has 0 aliphatic rings. The average molecular weight is 241 g/mol. The van der Waals surface area contributed by atoms with Gasteiger partial charge < -0.3 is 0 Å². The number of carbonyl (C=O) groups excluding carboxylic acids is 2. The lowest BCUT2D eigenvalue weighted by molar-refractivity contribution is -0.112. The molecule has 0 aromatic carbocycles. The molecule has 0 rings (SSSR count). The molecule has 14 heavy (non-hydrogen) atoms. The van der Waals surface area contributed by atoms with Gasteiger partial charge in [0.05, 0.1) is 0 Å². The second kappa shape index (κ2) is 12.9. The predicted octanol–water partition coefficient (Wildman–Crippen LogP) is 3.88. The zero-order valence-electron chi connectivity index (χ0n) is 8.82.